The molecule has 0 aromatic heterocycles. The molecule has 0 saturated heterocycles. The van der Waals surface area contributed by atoms with Crippen molar-refractivity contribution in [1.29, 1.82) is 0 Å². The Morgan fingerprint density at radius 3 is 2.18 bits per heavy atom. The van der Waals surface area contributed by atoms with Crippen LogP contribution in [0.25, 0.3) is 0 Å². The molecule has 67 valence electrons. The summed E-state index contributed by atoms with van der Waals surface area (Å²) < 4.78 is 0. The summed E-state index contributed by atoms with van der Waals surface area (Å²) in [5.74, 6) is 0.829. The van der Waals surface area contributed by atoms with E-state index in [2.05, 4.69) is 34.6 Å². The molecular formula is C11H23. The maximum atomic E-state index is 4.03. The van der Waals surface area contributed by atoms with Crippen molar-refractivity contribution in [3.63, 3.8) is 0 Å². The summed E-state index contributed by atoms with van der Waals surface area (Å²) in [5.41, 5.74) is 0.482. The standard InChI is InChI=1S/C11H23/c1-6-9-10(4)11(5,7-2)8-3/h10H,2,6-9H2,1,3-5H3. The zero-order chi connectivity index (χ0) is 8.91. The van der Waals surface area contributed by atoms with Crippen molar-refractivity contribution < 1.29 is 0 Å². The second kappa shape index (κ2) is 4.79. The lowest BCUT2D eigenvalue weighted by Crippen LogP contribution is -2.23. The minimum Gasteiger partial charge on any atom is -0.0654 e. The molecule has 0 aliphatic rings. The molecule has 0 heterocycles. The summed E-state index contributed by atoms with van der Waals surface area (Å²) in [5, 5.41) is 0. The smallest absolute Gasteiger partial charge is 0.0303 e. The average Bonchev–Trinajstić information content (AvgIpc) is 2.03. The minimum absolute atomic E-state index is 0.482. The third-order valence-electron chi connectivity index (χ3n) is 3.29. The van der Waals surface area contributed by atoms with E-state index in [4.69, 9.17) is 0 Å². The molecule has 0 rings (SSSR count). The Morgan fingerprint density at radius 1 is 1.36 bits per heavy atom. The van der Waals surface area contributed by atoms with Crippen LogP contribution in [-0.2, 0) is 0 Å². The molecule has 0 nitrogen and oxygen atoms in total. The van der Waals surface area contributed by atoms with Gasteiger partial charge in [-0.15, -0.1) is 0 Å². The molecule has 0 bridgehead atoms. The molecule has 0 fully saturated rings. The van der Waals surface area contributed by atoms with E-state index < -0.39 is 0 Å². The van der Waals surface area contributed by atoms with Crippen LogP contribution in [0.1, 0.15) is 53.4 Å². The Hall–Kier alpha value is 0. The molecule has 2 atom stereocenters. The van der Waals surface area contributed by atoms with Gasteiger partial charge in [0.2, 0.25) is 0 Å². The highest BCUT2D eigenvalue weighted by Gasteiger charge is 2.25. The minimum atomic E-state index is 0.482. The van der Waals surface area contributed by atoms with Gasteiger partial charge in [0.1, 0.15) is 0 Å². The van der Waals surface area contributed by atoms with Gasteiger partial charge in [-0.3, -0.25) is 0 Å². The van der Waals surface area contributed by atoms with Gasteiger partial charge in [-0.1, -0.05) is 53.9 Å². The molecular weight excluding hydrogens is 132 g/mol. The fraction of sp³-hybridized carbons (Fsp3) is 0.909. The van der Waals surface area contributed by atoms with E-state index in [0.29, 0.717) is 5.41 Å². The van der Waals surface area contributed by atoms with E-state index in [0.717, 1.165) is 12.3 Å². The maximum absolute atomic E-state index is 4.03. The highest BCUT2D eigenvalue weighted by atomic mass is 14.3. The molecule has 0 spiro atoms. The van der Waals surface area contributed by atoms with Crippen molar-refractivity contribution in [2.24, 2.45) is 11.3 Å². The van der Waals surface area contributed by atoms with E-state index in [1.165, 1.54) is 19.3 Å². The van der Waals surface area contributed by atoms with E-state index in [1.807, 2.05) is 0 Å². The van der Waals surface area contributed by atoms with Crippen LogP contribution >= 0.6 is 0 Å². The monoisotopic (exact) mass is 155 g/mol. The summed E-state index contributed by atoms with van der Waals surface area (Å²) in [7, 11) is 0. The van der Waals surface area contributed by atoms with Crippen LogP contribution in [-0.4, -0.2) is 0 Å². The summed E-state index contributed by atoms with van der Waals surface area (Å²) in [6.45, 7) is 13.3. The van der Waals surface area contributed by atoms with Gasteiger partial charge in [-0.25, -0.2) is 0 Å². The second-order valence-electron chi connectivity index (χ2n) is 3.95. The lowest BCUT2D eigenvalue weighted by molar-refractivity contribution is 0.182. The normalized spacial score (nSPS) is 15.0. The van der Waals surface area contributed by atoms with Crippen LogP contribution < -0.4 is 0 Å². The Morgan fingerprint density at radius 2 is 1.91 bits per heavy atom. The Balaban J connectivity index is 4.00. The van der Waals surface area contributed by atoms with Crippen LogP contribution in [0.15, 0.2) is 0 Å². The Bertz CT molecular complexity index is 90.2. The summed E-state index contributed by atoms with van der Waals surface area (Å²) in [6, 6.07) is 0. The van der Waals surface area contributed by atoms with Gasteiger partial charge in [0, 0.05) is 0 Å². The third-order valence-corrected chi connectivity index (χ3v) is 3.29. The molecule has 0 aliphatic heterocycles. The molecule has 0 saturated carbocycles. The van der Waals surface area contributed by atoms with Gasteiger partial charge in [0.05, 0.1) is 0 Å². The largest absolute Gasteiger partial charge is 0.0654 e. The molecule has 0 amide bonds. The highest BCUT2D eigenvalue weighted by molar-refractivity contribution is 4.79. The van der Waals surface area contributed by atoms with Gasteiger partial charge in [-0.05, 0) is 17.8 Å². The van der Waals surface area contributed by atoms with Crippen molar-refractivity contribution >= 4 is 0 Å². The fourth-order valence-corrected chi connectivity index (χ4v) is 1.55. The van der Waals surface area contributed by atoms with Crippen LogP contribution in [0, 0.1) is 18.3 Å². The number of hydrogen-bond donors (Lipinski definition) is 0. The first-order valence-electron chi connectivity index (χ1n) is 4.90. The quantitative estimate of drug-likeness (QED) is 0.561. The van der Waals surface area contributed by atoms with Gasteiger partial charge < -0.3 is 0 Å². The van der Waals surface area contributed by atoms with Crippen LogP contribution in [0.2, 0.25) is 0 Å². The fourth-order valence-electron chi connectivity index (χ4n) is 1.55. The molecule has 11 heavy (non-hydrogen) atoms. The summed E-state index contributed by atoms with van der Waals surface area (Å²) in [6.07, 6.45) is 4.99. The summed E-state index contributed by atoms with van der Waals surface area (Å²) >= 11 is 0. The van der Waals surface area contributed by atoms with Crippen molar-refractivity contribution in [2.75, 3.05) is 0 Å². The first-order valence-corrected chi connectivity index (χ1v) is 4.90. The lowest BCUT2D eigenvalue weighted by Gasteiger charge is -2.33. The molecule has 0 aliphatic carbocycles. The third kappa shape index (κ3) is 2.84. The van der Waals surface area contributed by atoms with Crippen molar-refractivity contribution in [3.8, 4) is 0 Å². The molecule has 0 aromatic rings. The zero-order valence-corrected chi connectivity index (χ0v) is 8.61. The highest BCUT2D eigenvalue weighted by Crippen LogP contribution is 2.36. The summed E-state index contributed by atoms with van der Waals surface area (Å²) in [4.78, 5) is 0. The lowest BCUT2D eigenvalue weighted by atomic mass is 9.72. The van der Waals surface area contributed by atoms with Gasteiger partial charge in [0.15, 0.2) is 0 Å². The second-order valence-corrected chi connectivity index (χ2v) is 3.95. The maximum Gasteiger partial charge on any atom is -0.0303 e. The molecule has 1 radical (unpaired) electrons. The number of hydrogen-bond acceptors (Lipinski definition) is 0. The van der Waals surface area contributed by atoms with Crippen molar-refractivity contribution in [3.05, 3.63) is 6.92 Å². The predicted octanol–water partition coefficient (Wildman–Crippen LogP) is 4.06. The average molecular weight is 155 g/mol. The molecule has 0 aromatic carbocycles. The molecule has 2 unspecified atom stereocenters. The van der Waals surface area contributed by atoms with E-state index in [9.17, 15) is 0 Å². The Labute approximate surface area is 72.4 Å². The van der Waals surface area contributed by atoms with Crippen LogP contribution in [0.3, 0.4) is 0 Å². The zero-order valence-electron chi connectivity index (χ0n) is 8.61. The van der Waals surface area contributed by atoms with E-state index >= 15 is 0 Å². The first-order chi connectivity index (χ1) is 5.10. The van der Waals surface area contributed by atoms with Crippen molar-refractivity contribution in [2.45, 2.75) is 53.4 Å². The van der Waals surface area contributed by atoms with Gasteiger partial charge in [0.25, 0.3) is 0 Å². The Kier molecular flexibility index (Phi) is 4.79. The van der Waals surface area contributed by atoms with Gasteiger partial charge in [-0.2, -0.15) is 0 Å². The van der Waals surface area contributed by atoms with E-state index in [1.54, 1.807) is 0 Å². The molecule has 0 N–H and O–H groups in total. The van der Waals surface area contributed by atoms with Crippen LogP contribution in [0.5, 0.6) is 0 Å². The SMILES string of the molecule is [CH2]CC(C)(CC)C(C)CCC. The first kappa shape index (κ1) is 11.0. The van der Waals surface area contributed by atoms with Gasteiger partial charge >= 0.3 is 0 Å². The van der Waals surface area contributed by atoms with Crippen molar-refractivity contribution in [1.82, 2.24) is 0 Å². The predicted molar refractivity (Wildman–Crippen MR) is 52.4 cm³/mol. The number of rotatable bonds is 5. The topological polar surface area (TPSA) is 0 Å². The van der Waals surface area contributed by atoms with Crippen LogP contribution in [0.4, 0.5) is 0 Å². The van der Waals surface area contributed by atoms with E-state index in [-0.39, 0.29) is 0 Å². The molecule has 0 heteroatoms.